The van der Waals surface area contributed by atoms with E-state index in [9.17, 15) is 18.8 Å². The molecule has 1 amide bonds. The number of nitrogens with one attached hydrogen (secondary N) is 2. The van der Waals surface area contributed by atoms with E-state index in [-0.39, 0.29) is 31.5 Å². The standard InChI is InChI=1S/C23H24ClFN4O3/c24-16-7-5-8-17(25)21(16)19(28-11-3-4-12-28)14-26-20(30)10-13-29-18-9-2-1-6-15(18)22(31)27-23(29)32/h1-2,5-9,19H,3-4,10-14H2,(H,26,30)(H,27,31,32). The second-order valence-corrected chi connectivity index (χ2v) is 8.28. The highest BCUT2D eigenvalue weighted by Gasteiger charge is 2.28. The number of amides is 1. The Kier molecular flexibility index (Phi) is 6.72. The van der Waals surface area contributed by atoms with Gasteiger partial charge in [-0.25, -0.2) is 9.18 Å². The number of halogens is 2. The first-order chi connectivity index (χ1) is 15.5. The van der Waals surface area contributed by atoms with E-state index in [1.54, 1.807) is 36.4 Å². The lowest BCUT2D eigenvalue weighted by Gasteiger charge is -2.29. The Morgan fingerprint density at radius 3 is 2.62 bits per heavy atom. The molecule has 0 aliphatic carbocycles. The van der Waals surface area contributed by atoms with Crippen LogP contribution in [0.4, 0.5) is 4.39 Å². The van der Waals surface area contributed by atoms with E-state index in [1.165, 1.54) is 10.6 Å². The van der Waals surface area contributed by atoms with Gasteiger partial charge in [-0.2, -0.15) is 0 Å². The molecule has 9 heteroatoms. The molecule has 168 valence electrons. The number of para-hydroxylation sites is 1. The highest BCUT2D eigenvalue weighted by molar-refractivity contribution is 6.31. The molecule has 0 spiro atoms. The molecule has 1 fully saturated rings. The smallest absolute Gasteiger partial charge is 0.328 e. The summed E-state index contributed by atoms with van der Waals surface area (Å²) in [6.07, 6.45) is 2.06. The Hall–Kier alpha value is -2.97. The quantitative estimate of drug-likeness (QED) is 0.570. The summed E-state index contributed by atoms with van der Waals surface area (Å²) in [5.74, 6) is -0.668. The average Bonchev–Trinajstić information content (AvgIpc) is 3.30. The number of hydrogen-bond acceptors (Lipinski definition) is 4. The molecule has 1 atom stereocenters. The van der Waals surface area contributed by atoms with Crippen molar-refractivity contribution in [2.24, 2.45) is 0 Å². The first-order valence-electron chi connectivity index (χ1n) is 10.6. The number of aromatic nitrogens is 2. The highest BCUT2D eigenvalue weighted by atomic mass is 35.5. The number of nitrogens with zero attached hydrogens (tertiary/aromatic N) is 2. The van der Waals surface area contributed by atoms with Gasteiger partial charge in [0.05, 0.1) is 16.9 Å². The molecule has 2 heterocycles. The molecule has 0 saturated carbocycles. The number of fused-ring (bicyclic) bond motifs is 1. The molecule has 32 heavy (non-hydrogen) atoms. The monoisotopic (exact) mass is 458 g/mol. The van der Waals surface area contributed by atoms with Gasteiger partial charge in [0.1, 0.15) is 5.82 Å². The number of carbonyl (C=O) groups excluding carboxylic acids is 1. The molecule has 1 aromatic heterocycles. The number of aryl methyl sites for hydroxylation is 1. The molecule has 4 rings (SSSR count). The van der Waals surface area contributed by atoms with Crippen molar-refractivity contribution in [2.75, 3.05) is 19.6 Å². The minimum absolute atomic E-state index is 0.0354. The minimum atomic E-state index is -0.561. The zero-order valence-electron chi connectivity index (χ0n) is 17.4. The Labute approximate surface area is 188 Å². The average molecular weight is 459 g/mol. The van der Waals surface area contributed by atoms with Gasteiger partial charge in [-0.05, 0) is 50.2 Å². The van der Waals surface area contributed by atoms with Crippen molar-refractivity contribution in [3.8, 4) is 0 Å². The zero-order valence-corrected chi connectivity index (χ0v) is 18.2. The van der Waals surface area contributed by atoms with E-state index in [1.807, 2.05) is 0 Å². The third-order valence-electron chi connectivity index (χ3n) is 5.87. The third kappa shape index (κ3) is 4.61. The Morgan fingerprint density at radius 1 is 1.12 bits per heavy atom. The summed E-state index contributed by atoms with van der Waals surface area (Å²) in [5.41, 5.74) is -0.155. The van der Waals surface area contributed by atoms with E-state index < -0.39 is 17.1 Å². The van der Waals surface area contributed by atoms with Gasteiger partial charge in [0.2, 0.25) is 5.91 Å². The van der Waals surface area contributed by atoms with E-state index in [4.69, 9.17) is 11.6 Å². The van der Waals surface area contributed by atoms with Crippen molar-refractivity contribution in [2.45, 2.75) is 31.8 Å². The van der Waals surface area contributed by atoms with Crippen LogP contribution in [0.5, 0.6) is 0 Å². The molecule has 1 unspecified atom stereocenters. The topological polar surface area (TPSA) is 87.2 Å². The van der Waals surface area contributed by atoms with Gasteiger partial charge in [0.25, 0.3) is 5.56 Å². The van der Waals surface area contributed by atoms with Gasteiger partial charge in [-0.1, -0.05) is 29.8 Å². The maximum Gasteiger partial charge on any atom is 0.328 e. The summed E-state index contributed by atoms with van der Waals surface area (Å²) in [5, 5.41) is 3.59. The van der Waals surface area contributed by atoms with Crippen LogP contribution in [0.25, 0.3) is 10.9 Å². The lowest BCUT2D eigenvalue weighted by Crippen LogP contribution is -2.38. The Morgan fingerprint density at radius 2 is 1.88 bits per heavy atom. The molecule has 0 bridgehead atoms. The molecule has 1 aliphatic heterocycles. The third-order valence-corrected chi connectivity index (χ3v) is 6.20. The molecule has 0 radical (unpaired) electrons. The fourth-order valence-corrected chi connectivity index (χ4v) is 4.56. The first-order valence-corrected chi connectivity index (χ1v) is 11.0. The summed E-state index contributed by atoms with van der Waals surface area (Å²) < 4.78 is 16.0. The Bertz CT molecular complexity index is 1230. The van der Waals surface area contributed by atoms with Gasteiger partial charge in [-0.3, -0.25) is 24.0 Å². The van der Waals surface area contributed by atoms with Crippen molar-refractivity contribution in [1.29, 1.82) is 0 Å². The van der Waals surface area contributed by atoms with Crippen LogP contribution < -0.4 is 16.6 Å². The van der Waals surface area contributed by atoms with Crippen LogP contribution in [-0.2, 0) is 11.3 Å². The zero-order chi connectivity index (χ0) is 22.7. The number of carbonyl (C=O) groups is 1. The van der Waals surface area contributed by atoms with E-state index >= 15 is 0 Å². The van der Waals surface area contributed by atoms with Crippen LogP contribution in [0.1, 0.15) is 30.9 Å². The van der Waals surface area contributed by atoms with Crippen LogP contribution in [0.15, 0.2) is 52.1 Å². The van der Waals surface area contributed by atoms with Crippen LogP contribution in [0.2, 0.25) is 5.02 Å². The second kappa shape index (κ2) is 9.67. The normalized spacial score (nSPS) is 15.2. The maximum atomic E-state index is 14.6. The molecule has 1 saturated heterocycles. The van der Waals surface area contributed by atoms with Gasteiger partial charge in [0.15, 0.2) is 0 Å². The summed E-state index contributed by atoms with van der Waals surface area (Å²) >= 11 is 6.30. The number of H-pyrrole nitrogens is 1. The van der Waals surface area contributed by atoms with Crippen molar-refractivity contribution >= 4 is 28.4 Å². The SMILES string of the molecule is O=C(CCn1c(=O)[nH]c(=O)c2ccccc21)NCC(c1c(F)cccc1Cl)N1CCCC1. The molecule has 3 aromatic rings. The van der Waals surface area contributed by atoms with E-state index in [2.05, 4.69) is 15.2 Å². The number of rotatable bonds is 7. The van der Waals surface area contributed by atoms with Crippen molar-refractivity contribution in [3.63, 3.8) is 0 Å². The fraction of sp³-hybridized carbons (Fsp3) is 0.348. The van der Waals surface area contributed by atoms with Gasteiger partial charge >= 0.3 is 5.69 Å². The van der Waals surface area contributed by atoms with E-state index in [0.29, 0.717) is 21.5 Å². The van der Waals surface area contributed by atoms with Crippen LogP contribution in [0.3, 0.4) is 0 Å². The predicted octanol–water partition coefficient (Wildman–Crippen LogP) is 2.83. The van der Waals surface area contributed by atoms with Gasteiger partial charge in [0, 0.05) is 30.1 Å². The highest BCUT2D eigenvalue weighted by Crippen LogP contribution is 2.31. The Balaban J connectivity index is 1.48. The number of aromatic amines is 1. The van der Waals surface area contributed by atoms with Crippen LogP contribution >= 0.6 is 11.6 Å². The van der Waals surface area contributed by atoms with Gasteiger partial charge in [-0.15, -0.1) is 0 Å². The van der Waals surface area contributed by atoms with Crippen molar-refractivity contribution < 1.29 is 9.18 Å². The molecular formula is C23H24ClFN4O3. The summed E-state index contributed by atoms with van der Waals surface area (Å²) in [6.45, 7) is 1.94. The van der Waals surface area contributed by atoms with Crippen molar-refractivity contribution in [3.05, 3.63) is 79.7 Å². The van der Waals surface area contributed by atoms with E-state index in [0.717, 1.165) is 25.9 Å². The lowest BCUT2D eigenvalue weighted by atomic mass is 10.0. The molecule has 2 N–H and O–H groups in total. The lowest BCUT2D eigenvalue weighted by molar-refractivity contribution is -0.121. The van der Waals surface area contributed by atoms with Crippen LogP contribution in [0, 0.1) is 5.82 Å². The maximum absolute atomic E-state index is 14.6. The molecule has 1 aliphatic rings. The van der Waals surface area contributed by atoms with Crippen LogP contribution in [-0.4, -0.2) is 40.0 Å². The summed E-state index contributed by atoms with van der Waals surface area (Å²) in [7, 11) is 0. The van der Waals surface area contributed by atoms with Gasteiger partial charge < -0.3 is 5.32 Å². The number of hydrogen-bond donors (Lipinski definition) is 2. The second-order valence-electron chi connectivity index (χ2n) is 7.88. The predicted molar refractivity (Wildman–Crippen MR) is 121 cm³/mol. The summed E-state index contributed by atoms with van der Waals surface area (Å²) in [4.78, 5) is 41.3. The largest absolute Gasteiger partial charge is 0.354 e. The van der Waals surface area contributed by atoms with Crippen molar-refractivity contribution in [1.82, 2.24) is 19.8 Å². The molecular weight excluding hydrogens is 435 g/mol. The fourth-order valence-electron chi connectivity index (χ4n) is 4.27. The summed E-state index contributed by atoms with van der Waals surface area (Å²) in [6, 6.07) is 11.0. The molecule has 7 nitrogen and oxygen atoms in total. The first kappa shape index (κ1) is 22.2. The number of likely N-dealkylation sites (tertiary alicyclic amines) is 1. The molecule has 2 aromatic carbocycles. The minimum Gasteiger partial charge on any atom is -0.354 e. The number of benzene rings is 2.